The van der Waals surface area contributed by atoms with Crippen LogP contribution in [0.25, 0.3) is 0 Å². The lowest BCUT2D eigenvalue weighted by molar-refractivity contribution is -0.126. The summed E-state index contributed by atoms with van der Waals surface area (Å²) in [4.78, 5) is 11.9. The van der Waals surface area contributed by atoms with Crippen molar-refractivity contribution >= 4 is 5.78 Å². The van der Waals surface area contributed by atoms with Crippen LogP contribution in [-0.2, 0) is 10.2 Å². The molecule has 1 heteroatoms. The molecule has 0 heterocycles. The van der Waals surface area contributed by atoms with Crippen LogP contribution in [0.3, 0.4) is 0 Å². The maximum Gasteiger partial charge on any atom is 0.137 e. The van der Waals surface area contributed by atoms with Gasteiger partial charge in [-0.3, -0.25) is 4.79 Å². The van der Waals surface area contributed by atoms with Crippen LogP contribution in [0.1, 0.15) is 43.7 Å². The van der Waals surface area contributed by atoms with Gasteiger partial charge in [0.2, 0.25) is 0 Å². The normalized spacial score (nSPS) is 37.9. The molecule has 0 spiro atoms. The number of carbonyl (C=O) groups is 1. The largest absolute Gasteiger partial charge is 0.299 e. The van der Waals surface area contributed by atoms with E-state index < -0.39 is 0 Å². The number of ketones is 1. The van der Waals surface area contributed by atoms with Crippen LogP contribution in [-0.4, -0.2) is 5.78 Å². The zero-order valence-electron chi connectivity index (χ0n) is 9.29. The third kappa shape index (κ3) is 1.06. The van der Waals surface area contributed by atoms with Gasteiger partial charge in [-0.2, -0.15) is 0 Å². The summed E-state index contributed by atoms with van der Waals surface area (Å²) in [5, 5.41) is 0. The van der Waals surface area contributed by atoms with Crippen molar-refractivity contribution in [2.45, 2.75) is 38.0 Å². The summed E-state index contributed by atoms with van der Waals surface area (Å²) < 4.78 is 0. The Morgan fingerprint density at radius 3 is 2.87 bits per heavy atom. The molecule has 1 aromatic rings. The van der Waals surface area contributed by atoms with E-state index in [0.29, 0.717) is 11.7 Å². The van der Waals surface area contributed by atoms with Crippen LogP contribution >= 0.6 is 0 Å². The topological polar surface area (TPSA) is 17.1 Å². The lowest BCUT2D eigenvalue weighted by Crippen LogP contribution is -2.32. The summed E-state index contributed by atoms with van der Waals surface area (Å²) in [6.45, 7) is 4.34. The minimum Gasteiger partial charge on any atom is -0.299 e. The monoisotopic (exact) mass is 200 g/mol. The number of fused-ring (bicyclic) bond motifs is 5. The summed E-state index contributed by atoms with van der Waals surface area (Å²) in [6.07, 6.45) is 1.90. The van der Waals surface area contributed by atoms with E-state index in [1.165, 1.54) is 17.5 Å². The van der Waals surface area contributed by atoms with Crippen LogP contribution in [0, 0.1) is 5.92 Å². The summed E-state index contributed by atoms with van der Waals surface area (Å²) >= 11 is 0. The minimum atomic E-state index is 0.130. The molecule has 15 heavy (non-hydrogen) atoms. The second-order valence-electron chi connectivity index (χ2n) is 5.39. The molecule has 0 amide bonds. The highest BCUT2D eigenvalue weighted by molar-refractivity contribution is 5.85. The van der Waals surface area contributed by atoms with E-state index in [2.05, 4.69) is 38.1 Å². The zero-order valence-corrected chi connectivity index (χ0v) is 9.29. The number of rotatable bonds is 0. The lowest BCUT2D eigenvalue weighted by atomic mass is 9.70. The van der Waals surface area contributed by atoms with Crippen molar-refractivity contribution in [3.63, 3.8) is 0 Å². The van der Waals surface area contributed by atoms with Gasteiger partial charge in [-0.05, 0) is 23.5 Å². The molecule has 78 valence electrons. The Labute approximate surface area is 90.5 Å². The van der Waals surface area contributed by atoms with Crippen LogP contribution in [0.4, 0.5) is 0 Å². The van der Waals surface area contributed by atoms with Gasteiger partial charge in [-0.15, -0.1) is 0 Å². The van der Waals surface area contributed by atoms with Gasteiger partial charge in [-0.1, -0.05) is 38.1 Å². The van der Waals surface area contributed by atoms with Crippen LogP contribution < -0.4 is 0 Å². The Balaban J connectivity index is 2.21. The molecule has 1 fully saturated rings. The number of Topliss-reactive ketones (excluding diaryl/α,β-unsaturated/α-hetero) is 1. The molecule has 0 aliphatic heterocycles. The fourth-order valence-electron chi connectivity index (χ4n) is 3.46. The fraction of sp³-hybridized carbons (Fsp3) is 0.500. The lowest BCUT2D eigenvalue weighted by Gasteiger charge is -2.32. The molecular weight excluding hydrogens is 184 g/mol. The van der Waals surface area contributed by atoms with Crippen LogP contribution in [0.2, 0.25) is 0 Å². The van der Waals surface area contributed by atoms with E-state index in [0.717, 1.165) is 6.42 Å². The van der Waals surface area contributed by atoms with Crippen LogP contribution in [0.15, 0.2) is 24.3 Å². The predicted molar refractivity (Wildman–Crippen MR) is 59.9 cm³/mol. The van der Waals surface area contributed by atoms with E-state index in [-0.39, 0.29) is 11.3 Å². The van der Waals surface area contributed by atoms with Crippen molar-refractivity contribution in [1.82, 2.24) is 0 Å². The maximum atomic E-state index is 11.9. The molecule has 0 saturated heterocycles. The van der Waals surface area contributed by atoms with E-state index in [4.69, 9.17) is 0 Å². The molecule has 0 N–H and O–H groups in total. The van der Waals surface area contributed by atoms with E-state index in [9.17, 15) is 4.79 Å². The van der Waals surface area contributed by atoms with Crippen molar-refractivity contribution < 1.29 is 4.79 Å². The van der Waals surface area contributed by atoms with Crippen molar-refractivity contribution in [2.75, 3.05) is 0 Å². The number of hydrogen-bond donors (Lipinski definition) is 0. The Morgan fingerprint density at radius 1 is 1.33 bits per heavy atom. The number of carbonyl (C=O) groups excluding carboxylic acids is 1. The first-order valence-electron chi connectivity index (χ1n) is 5.74. The Morgan fingerprint density at radius 2 is 2.07 bits per heavy atom. The number of benzene rings is 1. The average molecular weight is 200 g/mol. The third-order valence-electron chi connectivity index (χ3n) is 4.36. The van der Waals surface area contributed by atoms with Crippen LogP contribution in [0.5, 0.6) is 0 Å². The first-order chi connectivity index (χ1) is 7.12. The van der Waals surface area contributed by atoms with Crippen molar-refractivity contribution in [2.24, 2.45) is 5.92 Å². The standard InChI is InChI=1S/C14H16O/c1-9-11-7-14(2,8-13(9)15)12-6-4-3-5-10(11)12/h3-6,9,11H,7-8H2,1-2H3/t9-,11+,14-/m0/s1. The average Bonchev–Trinajstić information content (AvgIpc) is 2.48. The first-order valence-corrected chi connectivity index (χ1v) is 5.74. The highest BCUT2D eigenvalue weighted by Gasteiger charge is 2.49. The molecule has 0 radical (unpaired) electrons. The third-order valence-corrected chi connectivity index (χ3v) is 4.36. The summed E-state index contributed by atoms with van der Waals surface area (Å²) in [7, 11) is 0. The van der Waals surface area contributed by atoms with Crippen molar-refractivity contribution in [3.8, 4) is 0 Å². The van der Waals surface area contributed by atoms with Gasteiger partial charge in [0.1, 0.15) is 5.78 Å². The second kappa shape index (κ2) is 2.72. The Kier molecular flexibility index (Phi) is 1.66. The molecule has 1 saturated carbocycles. The van der Waals surface area contributed by atoms with Gasteiger partial charge in [0.25, 0.3) is 0 Å². The van der Waals surface area contributed by atoms with E-state index in [1.807, 2.05) is 0 Å². The predicted octanol–water partition coefficient (Wildman–Crippen LogP) is 3.04. The van der Waals surface area contributed by atoms with Gasteiger partial charge in [0.05, 0.1) is 0 Å². The van der Waals surface area contributed by atoms with Crippen molar-refractivity contribution in [1.29, 1.82) is 0 Å². The molecule has 3 atom stereocenters. The quantitative estimate of drug-likeness (QED) is 0.629. The summed E-state index contributed by atoms with van der Waals surface area (Å²) in [5.74, 6) is 1.15. The second-order valence-corrected chi connectivity index (χ2v) is 5.39. The number of hydrogen-bond acceptors (Lipinski definition) is 1. The van der Waals surface area contributed by atoms with Gasteiger partial charge < -0.3 is 0 Å². The molecule has 1 nitrogen and oxygen atoms in total. The molecule has 0 aromatic heterocycles. The highest BCUT2D eigenvalue weighted by Crippen LogP contribution is 2.54. The van der Waals surface area contributed by atoms with E-state index in [1.54, 1.807) is 0 Å². The molecule has 0 unspecified atom stereocenters. The van der Waals surface area contributed by atoms with Gasteiger partial charge in [-0.25, -0.2) is 0 Å². The SMILES string of the molecule is C[C@@H]1C(=O)C[C@]2(C)C[C@H]1c1ccccc12. The zero-order chi connectivity index (χ0) is 10.6. The molecule has 2 bridgehead atoms. The van der Waals surface area contributed by atoms with Gasteiger partial charge in [0.15, 0.2) is 0 Å². The minimum absolute atomic E-state index is 0.130. The molecule has 1 aromatic carbocycles. The molecule has 2 aliphatic carbocycles. The van der Waals surface area contributed by atoms with Gasteiger partial charge >= 0.3 is 0 Å². The van der Waals surface area contributed by atoms with Gasteiger partial charge in [0, 0.05) is 17.8 Å². The maximum absolute atomic E-state index is 11.9. The highest BCUT2D eigenvalue weighted by atomic mass is 16.1. The van der Waals surface area contributed by atoms with E-state index >= 15 is 0 Å². The molecular formula is C14H16O. The first kappa shape index (κ1) is 9.14. The summed E-state index contributed by atoms with van der Waals surface area (Å²) in [6, 6.07) is 8.61. The Hall–Kier alpha value is -1.11. The smallest absolute Gasteiger partial charge is 0.137 e. The molecule has 3 rings (SSSR count). The molecule has 2 aliphatic rings. The fourth-order valence-corrected chi connectivity index (χ4v) is 3.46. The summed E-state index contributed by atoms with van der Waals surface area (Å²) in [5.41, 5.74) is 2.98. The van der Waals surface area contributed by atoms with Crippen molar-refractivity contribution in [3.05, 3.63) is 35.4 Å². The Bertz CT molecular complexity index is 435.